The van der Waals surface area contributed by atoms with Crippen LogP contribution in [0.4, 0.5) is 0 Å². The maximum Gasteiger partial charge on any atom is 0.259 e. The van der Waals surface area contributed by atoms with Crippen molar-refractivity contribution in [2.45, 2.75) is 94.6 Å². The fraction of sp³-hybridized carbons (Fsp3) is 0.731. The molecule has 1 aliphatic heterocycles. The van der Waals surface area contributed by atoms with Gasteiger partial charge in [0.25, 0.3) is 5.91 Å². The molecule has 10 heteroatoms. The predicted octanol–water partition coefficient (Wildman–Crippen LogP) is 2.03. The molecule has 9 nitrogen and oxygen atoms in total. The summed E-state index contributed by atoms with van der Waals surface area (Å²) in [5, 5.41) is 12.4. The molecule has 0 aromatic heterocycles. The fourth-order valence-corrected chi connectivity index (χ4v) is 6.57. The van der Waals surface area contributed by atoms with Crippen molar-refractivity contribution in [2.75, 3.05) is 6.54 Å². The Morgan fingerprint density at radius 3 is 2.50 bits per heavy atom. The average molecular weight is 524 g/mol. The number of hydrogen-bond acceptors (Lipinski definition) is 6. The number of nitrogens with zero attached hydrogens (tertiary/aromatic N) is 1. The van der Waals surface area contributed by atoms with Crippen LogP contribution in [0.5, 0.6) is 0 Å². The number of hydrogen-bond donors (Lipinski definition) is 3. The summed E-state index contributed by atoms with van der Waals surface area (Å²) in [6.07, 6.45) is 7.84. The number of β-amino-alcohol motifs (C(OH)–C–C–N with tert-alkyl or cyclic N) is 1. The molecular formula is C26H41N3O6S. The van der Waals surface area contributed by atoms with Gasteiger partial charge in [0.15, 0.2) is 0 Å². The Hall–Kier alpha value is -2.20. The van der Waals surface area contributed by atoms with E-state index in [2.05, 4.69) is 30.1 Å². The summed E-state index contributed by atoms with van der Waals surface area (Å²) in [7, 11) is -3.78. The number of allylic oxidation sites excluding steroid dienone is 1. The smallest absolute Gasteiger partial charge is 0.259 e. The molecule has 36 heavy (non-hydrogen) atoms. The van der Waals surface area contributed by atoms with Crippen LogP contribution < -0.4 is 10.0 Å². The van der Waals surface area contributed by atoms with Crippen molar-refractivity contribution < 1.29 is 27.9 Å². The highest BCUT2D eigenvalue weighted by atomic mass is 32.2. The number of likely N-dealkylation sites (tertiary alicyclic amines) is 1. The second-order valence-corrected chi connectivity index (χ2v) is 12.8. The Kier molecular flexibility index (Phi) is 9.03. The quantitative estimate of drug-likeness (QED) is 0.299. The second-order valence-electron chi connectivity index (χ2n) is 10.8. The molecule has 0 aromatic rings. The largest absolute Gasteiger partial charge is 0.391 e. The van der Waals surface area contributed by atoms with Crippen LogP contribution in [0.3, 0.4) is 0 Å². The summed E-state index contributed by atoms with van der Waals surface area (Å²) < 4.78 is 26.7. The van der Waals surface area contributed by atoms with Crippen molar-refractivity contribution in [3.8, 4) is 0 Å². The molecule has 3 fully saturated rings. The Labute approximate surface area is 214 Å². The van der Waals surface area contributed by atoms with Gasteiger partial charge in [-0.2, -0.15) is 0 Å². The van der Waals surface area contributed by atoms with Gasteiger partial charge in [0.2, 0.25) is 21.8 Å². The van der Waals surface area contributed by atoms with Gasteiger partial charge < -0.3 is 15.3 Å². The Morgan fingerprint density at radius 1 is 1.25 bits per heavy atom. The summed E-state index contributed by atoms with van der Waals surface area (Å²) in [5.41, 5.74) is -1.41. The van der Waals surface area contributed by atoms with Crippen molar-refractivity contribution in [1.29, 1.82) is 0 Å². The van der Waals surface area contributed by atoms with E-state index >= 15 is 0 Å². The zero-order chi connectivity index (χ0) is 26.7. The number of sulfonamides is 1. The summed E-state index contributed by atoms with van der Waals surface area (Å²) in [6, 6.07) is -0.918. The minimum Gasteiger partial charge on any atom is -0.391 e. The van der Waals surface area contributed by atoms with Gasteiger partial charge in [0.1, 0.15) is 11.6 Å². The molecule has 2 saturated carbocycles. The SMILES string of the molecule is C=CCCC(C)C[C@@H](CC)CC(=O)N1C[C@H](O)C[C@H]1C(=O)N[C@]1(C(=O)NS(=O)(=O)C2CC2)C[C@H]1C=C. The molecule has 0 bridgehead atoms. The lowest BCUT2D eigenvalue weighted by Crippen LogP contribution is -2.56. The van der Waals surface area contributed by atoms with Gasteiger partial charge in [-0.05, 0) is 50.4 Å². The van der Waals surface area contributed by atoms with Gasteiger partial charge in [0, 0.05) is 25.3 Å². The molecule has 1 unspecified atom stereocenters. The number of nitrogens with one attached hydrogen (secondary N) is 2. The number of carbonyl (C=O) groups is 3. The van der Waals surface area contributed by atoms with Crippen molar-refractivity contribution in [1.82, 2.24) is 14.9 Å². The lowest BCUT2D eigenvalue weighted by molar-refractivity contribution is -0.140. The highest BCUT2D eigenvalue weighted by Gasteiger charge is 2.61. The van der Waals surface area contributed by atoms with Gasteiger partial charge in [-0.3, -0.25) is 19.1 Å². The van der Waals surface area contributed by atoms with Gasteiger partial charge in [-0.1, -0.05) is 32.4 Å². The van der Waals surface area contributed by atoms with Gasteiger partial charge in [-0.15, -0.1) is 13.2 Å². The van der Waals surface area contributed by atoms with E-state index in [1.54, 1.807) is 0 Å². The Morgan fingerprint density at radius 2 is 1.94 bits per heavy atom. The number of rotatable bonds is 14. The normalized spacial score (nSPS) is 29.2. The predicted molar refractivity (Wildman–Crippen MR) is 137 cm³/mol. The summed E-state index contributed by atoms with van der Waals surface area (Å²) in [4.78, 5) is 40.9. The lowest BCUT2D eigenvalue weighted by atomic mass is 9.88. The first-order chi connectivity index (χ1) is 17.0. The van der Waals surface area contributed by atoms with Crippen LogP contribution >= 0.6 is 0 Å². The molecule has 202 valence electrons. The van der Waals surface area contributed by atoms with E-state index in [9.17, 15) is 27.9 Å². The van der Waals surface area contributed by atoms with E-state index in [4.69, 9.17) is 0 Å². The van der Waals surface area contributed by atoms with Crippen molar-refractivity contribution in [3.05, 3.63) is 25.3 Å². The molecule has 0 aromatic carbocycles. The zero-order valence-corrected chi connectivity index (χ0v) is 22.3. The van der Waals surface area contributed by atoms with Crippen LogP contribution in [-0.2, 0) is 24.4 Å². The maximum absolute atomic E-state index is 13.3. The van der Waals surface area contributed by atoms with E-state index < -0.39 is 50.7 Å². The highest BCUT2D eigenvalue weighted by Crippen LogP contribution is 2.45. The molecule has 6 atom stereocenters. The number of aliphatic hydroxyl groups is 1. The van der Waals surface area contributed by atoms with Gasteiger partial charge in [-0.25, -0.2) is 8.42 Å². The first-order valence-corrected chi connectivity index (χ1v) is 14.6. The van der Waals surface area contributed by atoms with Gasteiger partial charge >= 0.3 is 0 Å². The van der Waals surface area contributed by atoms with E-state index in [1.807, 2.05) is 13.0 Å². The number of aliphatic hydroxyl groups excluding tert-OH is 1. The van der Waals surface area contributed by atoms with E-state index in [1.165, 1.54) is 11.0 Å². The van der Waals surface area contributed by atoms with Crippen LogP contribution in [-0.4, -0.2) is 65.6 Å². The maximum atomic E-state index is 13.3. The summed E-state index contributed by atoms with van der Waals surface area (Å²) in [6.45, 7) is 11.7. The molecule has 0 radical (unpaired) electrons. The molecule has 2 aliphatic carbocycles. The average Bonchev–Trinajstić information content (AvgIpc) is 3.74. The molecule has 3 N–H and O–H groups in total. The molecule has 3 aliphatic rings. The van der Waals surface area contributed by atoms with Crippen molar-refractivity contribution in [2.24, 2.45) is 17.8 Å². The summed E-state index contributed by atoms with van der Waals surface area (Å²) >= 11 is 0. The van der Waals surface area contributed by atoms with E-state index in [0.29, 0.717) is 18.8 Å². The molecular weight excluding hydrogens is 482 g/mol. The van der Waals surface area contributed by atoms with E-state index in [-0.39, 0.29) is 37.6 Å². The summed E-state index contributed by atoms with van der Waals surface area (Å²) in [5.74, 6) is -1.33. The standard InChI is InChI=1S/C26H41N3O6S/c1-5-8-9-17(4)12-18(6-2)13-23(31)29-16-20(30)14-22(29)24(32)27-26(15-19(26)7-3)25(33)28-36(34,35)21-10-11-21/h5,7,17-22,30H,1,3,6,8-16H2,2,4H3,(H,27,32)(H,28,33)/t17?,18-,19-,20-,22+,26-/m1/s1. The van der Waals surface area contributed by atoms with Crippen LogP contribution in [0.1, 0.15) is 71.6 Å². The monoisotopic (exact) mass is 523 g/mol. The first kappa shape index (κ1) is 28.4. The van der Waals surface area contributed by atoms with Crippen LogP contribution in [0.25, 0.3) is 0 Å². The van der Waals surface area contributed by atoms with Crippen LogP contribution in [0.2, 0.25) is 0 Å². The number of carbonyl (C=O) groups excluding carboxylic acids is 3. The molecule has 3 rings (SSSR count). The molecule has 0 spiro atoms. The first-order valence-electron chi connectivity index (χ1n) is 13.1. The minimum atomic E-state index is -3.78. The number of amides is 3. The highest BCUT2D eigenvalue weighted by molar-refractivity contribution is 7.91. The van der Waals surface area contributed by atoms with Crippen molar-refractivity contribution in [3.63, 3.8) is 0 Å². The lowest BCUT2D eigenvalue weighted by Gasteiger charge is -2.28. The third kappa shape index (κ3) is 6.56. The van der Waals surface area contributed by atoms with Crippen molar-refractivity contribution >= 4 is 27.7 Å². The molecule has 1 saturated heterocycles. The Bertz CT molecular complexity index is 978. The zero-order valence-electron chi connectivity index (χ0n) is 21.4. The Balaban J connectivity index is 1.66. The fourth-order valence-electron chi connectivity index (χ4n) is 5.20. The van der Waals surface area contributed by atoms with Gasteiger partial charge in [0.05, 0.1) is 11.4 Å². The third-order valence-corrected chi connectivity index (χ3v) is 9.61. The minimum absolute atomic E-state index is 0.0551. The van der Waals surface area contributed by atoms with Crippen LogP contribution in [0.15, 0.2) is 25.3 Å². The third-order valence-electron chi connectivity index (χ3n) is 7.79. The molecule has 3 amide bonds. The van der Waals surface area contributed by atoms with E-state index in [0.717, 1.165) is 25.7 Å². The second kappa shape index (κ2) is 11.5. The topological polar surface area (TPSA) is 133 Å². The van der Waals surface area contributed by atoms with Crippen LogP contribution in [0, 0.1) is 17.8 Å². The molecule has 1 heterocycles.